The minimum atomic E-state index is -1.58. The van der Waals surface area contributed by atoms with E-state index in [2.05, 4.69) is 5.32 Å². The summed E-state index contributed by atoms with van der Waals surface area (Å²) < 4.78 is 44.7. The van der Waals surface area contributed by atoms with Crippen molar-refractivity contribution in [3.63, 3.8) is 0 Å². The van der Waals surface area contributed by atoms with Gasteiger partial charge in [-0.2, -0.15) is 0 Å². The summed E-state index contributed by atoms with van der Waals surface area (Å²) in [7, 11) is 0. The number of ether oxygens (including phenoxy) is 1. The molecule has 1 saturated heterocycles. The van der Waals surface area contributed by atoms with Crippen molar-refractivity contribution in [2.24, 2.45) is 0 Å². The second-order valence-electron chi connectivity index (χ2n) is 5.27. The Morgan fingerprint density at radius 1 is 1.36 bits per heavy atom. The van der Waals surface area contributed by atoms with Gasteiger partial charge in [-0.25, -0.2) is 13.2 Å². The molecule has 1 aromatic carbocycles. The second-order valence-corrected chi connectivity index (χ2v) is 5.27. The van der Waals surface area contributed by atoms with E-state index in [9.17, 15) is 23.1 Å². The average molecular weight is 317 g/mol. The standard InChI is InChI=1S/C15H18F3NO3/c16-11-6-9(7-12(17)15(11)18)13(8-20)19-14(21)4-3-10-2-1-5-22-10/h6-7,10,13,20H,1-5,8H2,(H,19,21). The van der Waals surface area contributed by atoms with Gasteiger partial charge >= 0.3 is 0 Å². The summed E-state index contributed by atoms with van der Waals surface area (Å²) in [6.07, 6.45) is 2.67. The molecule has 0 radical (unpaired) electrons. The summed E-state index contributed by atoms with van der Waals surface area (Å²) in [6, 6.07) is 0.542. The maximum Gasteiger partial charge on any atom is 0.220 e. The smallest absolute Gasteiger partial charge is 0.220 e. The highest BCUT2D eigenvalue weighted by Gasteiger charge is 2.20. The van der Waals surface area contributed by atoms with Crippen molar-refractivity contribution in [3.8, 4) is 0 Å². The number of halogens is 3. The largest absolute Gasteiger partial charge is 0.394 e. The summed E-state index contributed by atoms with van der Waals surface area (Å²) in [5, 5.41) is 11.8. The van der Waals surface area contributed by atoms with Crippen molar-refractivity contribution < 1.29 is 27.8 Å². The van der Waals surface area contributed by atoms with Crippen molar-refractivity contribution in [3.05, 3.63) is 35.1 Å². The Morgan fingerprint density at radius 3 is 2.59 bits per heavy atom. The zero-order chi connectivity index (χ0) is 16.1. The number of aliphatic hydroxyl groups is 1. The van der Waals surface area contributed by atoms with E-state index < -0.39 is 30.1 Å². The molecule has 7 heteroatoms. The van der Waals surface area contributed by atoms with Crippen LogP contribution < -0.4 is 5.32 Å². The maximum atomic E-state index is 13.2. The molecule has 0 aliphatic carbocycles. The molecule has 2 atom stereocenters. The van der Waals surface area contributed by atoms with Crippen LogP contribution in [-0.2, 0) is 9.53 Å². The first kappa shape index (κ1) is 16.8. The molecule has 22 heavy (non-hydrogen) atoms. The van der Waals surface area contributed by atoms with Crippen molar-refractivity contribution in [1.82, 2.24) is 5.32 Å². The minimum absolute atomic E-state index is 0.0237. The molecule has 2 N–H and O–H groups in total. The van der Waals surface area contributed by atoms with Gasteiger partial charge in [0.15, 0.2) is 17.5 Å². The lowest BCUT2D eigenvalue weighted by atomic mass is 10.1. The van der Waals surface area contributed by atoms with Crippen molar-refractivity contribution in [2.75, 3.05) is 13.2 Å². The Bertz CT molecular complexity index is 510. The molecule has 0 aromatic heterocycles. The number of carbonyl (C=O) groups is 1. The van der Waals surface area contributed by atoms with Crippen LogP contribution in [0.3, 0.4) is 0 Å². The number of hydrogen-bond acceptors (Lipinski definition) is 3. The van der Waals surface area contributed by atoms with E-state index in [0.717, 1.165) is 25.0 Å². The fourth-order valence-corrected chi connectivity index (χ4v) is 2.44. The number of rotatable bonds is 6. The van der Waals surface area contributed by atoms with E-state index in [4.69, 9.17) is 4.74 Å². The Hall–Kier alpha value is -1.60. The van der Waals surface area contributed by atoms with E-state index in [1.807, 2.05) is 0 Å². The van der Waals surface area contributed by atoms with Crippen LogP contribution >= 0.6 is 0 Å². The van der Waals surface area contributed by atoms with Gasteiger partial charge in [0.1, 0.15) is 0 Å². The summed E-state index contributed by atoms with van der Waals surface area (Å²) in [5.41, 5.74) is -0.0237. The molecule has 1 heterocycles. The predicted octanol–water partition coefficient (Wildman–Crippen LogP) is 2.21. The van der Waals surface area contributed by atoms with Gasteiger partial charge in [0.2, 0.25) is 5.91 Å². The molecule has 4 nitrogen and oxygen atoms in total. The lowest BCUT2D eigenvalue weighted by Crippen LogP contribution is -2.31. The predicted molar refractivity (Wildman–Crippen MR) is 72.5 cm³/mol. The maximum absolute atomic E-state index is 13.2. The Balaban J connectivity index is 1.94. The molecule has 0 spiro atoms. The van der Waals surface area contributed by atoms with Gasteiger partial charge in [-0.1, -0.05) is 0 Å². The van der Waals surface area contributed by atoms with Crippen LogP contribution in [-0.4, -0.2) is 30.3 Å². The van der Waals surface area contributed by atoms with Crippen LogP contribution in [0.15, 0.2) is 12.1 Å². The van der Waals surface area contributed by atoms with Crippen LogP contribution in [0, 0.1) is 17.5 Å². The van der Waals surface area contributed by atoms with Gasteiger partial charge in [-0.3, -0.25) is 4.79 Å². The average Bonchev–Trinajstić information content (AvgIpc) is 3.01. The topological polar surface area (TPSA) is 58.6 Å². The number of benzene rings is 1. The summed E-state index contributed by atoms with van der Waals surface area (Å²) in [6.45, 7) is 0.149. The van der Waals surface area contributed by atoms with Crippen molar-refractivity contribution in [1.29, 1.82) is 0 Å². The van der Waals surface area contributed by atoms with Crippen molar-refractivity contribution >= 4 is 5.91 Å². The zero-order valence-electron chi connectivity index (χ0n) is 11.9. The molecule has 122 valence electrons. The summed E-state index contributed by atoms with van der Waals surface area (Å²) in [4.78, 5) is 11.8. The molecule has 1 fully saturated rings. The van der Waals surface area contributed by atoms with E-state index in [1.54, 1.807) is 0 Å². The lowest BCUT2D eigenvalue weighted by Gasteiger charge is -2.18. The molecule has 0 bridgehead atoms. The Kier molecular flexibility index (Phi) is 5.79. The molecule has 1 amide bonds. The van der Waals surface area contributed by atoms with E-state index in [1.165, 1.54) is 0 Å². The molecule has 1 aliphatic rings. The lowest BCUT2D eigenvalue weighted by molar-refractivity contribution is -0.122. The molecule has 2 unspecified atom stereocenters. The Labute approximate surface area is 126 Å². The number of hydrogen-bond donors (Lipinski definition) is 2. The SMILES string of the molecule is O=C(CCC1CCCO1)NC(CO)c1cc(F)c(F)c(F)c1. The van der Waals surface area contributed by atoms with E-state index in [-0.39, 0.29) is 24.0 Å². The van der Waals surface area contributed by atoms with Crippen LogP contribution in [0.2, 0.25) is 0 Å². The highest BCUT2D eigenvalue weighted by atomic mass is 19.2. The van der Waals surface area contributed by atoms with Crippen LogP contribution in [0.4, 0.5) is 13.2 Å². The third-order valence-electron chi connectivity index (χ3n) is 3.64. The van der Waals surface area contributed by atoms with Gasteiger partial charge in [0.25, 0.3) is 0 Å². The van der Waals surface area contributed by atoms with Gasteiger partial charge in [0, 0.05) is 13.0 Å². The highest BCUT2D eigenvalue weighted by Crippen LogP contribution is 2.20. The monoisotopic (exact) mass is 317 g/mol. The normalized spacial score (nSPS) is 19.2. The fraction of sp³-hybridized carbons (Fsp3) is 0.533. The van der Waals surface area contributed by atoms with E-state index in [0.29, 0.717) is 13.0 Å². The quantitative estimate of drug-likeness (QED) is 0.791. The first-order valence-corrected chi connectivity index (χ1v) is 7.17. The molecule has 0 saturated carbocycles. The van der Waals surface area contributed by atoms with Gasteiger partial charge in [-0.15, -0.1) is 0 Å². The third-order valence-corrected chi connectivity index (χ3v) is 3.64. The van der Waals surface area contributed by atoms with Crippen molar-refractivity contribution in [2.45, 2.75) is 37.8 Å². The number of carbonyl (C=O) groups excluding carboxylic acids is 1. The molecular formula is C15H18F3NO3. The summed E-state index contributed by atoms with van der Waals surface area (Å²) >= 11 is 0. The second kappa shape index (κ2) is 7.60. The molecule has 2 rings (SSSR count). The van der Waals surface area contributed by atoms with Crippen LogP contribution in [0.25, 0.3) is 0 Å². The first-order chi connectivity index (χ1) is 10.5. The van der Waals surface area contributed by atoms with Crippen LogP contribution in [0.5, 0.6) is 0 Å². The number of amides is 1. The molecular weight excluding hydrogens is 299 g/mol. The Morgan fingerprint density at radius 2 is 2.05 bits per heavy atom. The molecule has 1 aliphatic heterocycles. The third kappa shape index (κ3) is 4.20. The zero-order valence-corrected chi connectivity index (χ0v) is 11.9. The first-order valence-electron chi connectivity index (χ1n) is 7.17. The fourth-order valence-electron chi connectivity index (χ4n) is 2.44. The minimum Gasteiger partial charge on any atom is -0.394 e. The molecule has 1 aromatic rings. The van der Waals surface area contributed by atoms with Gasteiger partial charge < -0.3 is 15.2 Å². The van der Waals surface area contributed by atoms with Crippen LogP contribution in [0.1, 0.15) is 37.3 Å². The number of aliphatic hydroxyl groups excluding tert-OH is 1. The number of nitrogens with one attached hydrogen (secondary N) is 1. The van der Waals surface area contributed by atoms with Gasteiger partial charge in [0.05, 0.1) is 18.8 Å². The highest BCUT2D eigenvalue weighted by molar-refractivity contribution is 5.76. The summed E-state index contributed by atoms with van der Waals surface area (Å²) in [5.74, 6) is -4.66. The van der Waals surface area contributed by atoms with Gasteiger partial charge in [-0.05, 0) is 37.0 Å². The van der Waals surface area contributed by atoms with E-state index >= 15 is 0 Å².